The molecule has 0 radical (unpaired) electrons. The largest absolute Gasteiger partial charge is 1.00 e. The third kappa shape index (κ3) is 11.8. The van der Waals surface area contributed by atoms with Gasteiger partial charge in [0.25, 0.3) is 0 Å². The fourth-order valence-corrected chi connectivity index (χ4v) is 1.99. The van der Waals surface area contributed by atoms with E-state index in [4.69, 9.17) is 12.2 Å². The molecule has 0 aromatic rings. The maximum atomic E-state index is 10.2. The van der Waals surface area contributed by atoms with Crippen LogP contribution < -0.4 is 51.4 Å². The monoisotopic (exact) mass is 293 g/mol. The van der Waals surface area contributed by atoms with Crippen molar-refractivity contribution < 1.29 is 64.4 Å². The van der Waals surface area contributed by atoms with E-state index in [1.165, 1.54) is 17.8 Å². The van der Waals surface area contributed by atoms with E-state index in [1.807, 2.05) is 18.9 Å². The summed E-state index contributed by atoms with van der Waals surface area (Å²) in [6.45, 7) is 2.76. The van der Waals surface area contributed by atoms with Gasteiger partial charge in [-0.05, 0) is 6.92 Å². The maximum Gasteiger partial charge on any atom is 1.00 e. The molecule has 0 aromatic heterocycles. The Morgan fingerprint density at radius 1 is 1.60 bits per heavy atom. The van der Waals surface area contributed by atoms with Gasteiger partial charge in [0.05, 0.1) is 0 Å². The summed E-state index contributed by atoms with van der Waals surface area (Å²) in [5, 5.41) is 0.647. The minimum Gasteiger partial charge on any atom is -0.744 e. The average Bonchev–Trinajstić information content (AvgIpc) is 2.09. The van der Waals surface area contributed by atoms with Crippen LogP contribution in [-0.4, -0.2) is 41.5 Å². The van der Waals surface area contributed by atoms with Crippen molar-refractivity contribution in [3.05, 3.63) is 11.5 Å². The summed E-state index contributed by atoms with van der Waals surface area (Å²) < 4.78 is 31.2. The molecule has 0 aromatic carbocycles. The van der Waals surface area contributed by atoms with Gasteiger partial charge in [-0.15, -0.1) is 0 Å². The number of hydrogen-bond acceptors (Lipinski definition) is 5. The minimum absolute atomic E-state index is 0. The molecule has 0 N–H and O–H groups in total. The van der Waals surface area contributed by atoms with Crippen LogP contribution in [0.4, 0.5) is 0 Å². The van der Waals surface area contributed by atoms with Crippen LogP contribution in [0.15, 0.2) is 11.5 Å². The van der Waals surface area contributed by atoms with Crippen LogP contribution >= 0.6 is 24.0 Å². The van der Waals surface area contributed by atoms with Crippen LogP contribution in [0.3, 0.4) is 0 Å². The second kappa shape index (κ2) is 9.55. The quantitative estimate of drug-likeness (QED) is 0.340. The van der Waals surface area contributed by atoms with Gasteiger partial charge in [-0.2, -0.15) is 0 Å². The van der Waals surface area contributed by atoms with Crippen molar-refractivity contribution in [1.29, 1.82) is 0 Å². The Morgan fingerprint density at radius 3 is 2.53 bits per heavy atom. The number of rotatable bonds is 4. The van der Waals surface area contributed by atoms with Gasteiger partial charge in [0.2, 0.25) is 0 Å². The molecule has 15 heavy (non-hydrogen) atoms. The number of thiocarbonyl (C=S) groups is 1. The van der Waals surface area contributed by atoms with Gasteiger partial charge in [0, 0.05) is 24.8 Å². The molecule has 4 nitrogen and oxygen atoms in total. The van der Waals surface area contributed by atoms with Gasteiger partial charge < -0.3 is 9.45 Å². The Hall–Kier alpha value is 1.53. The Bertz CT molecular complexity index is 315. The second-order valence-corrected chi connectivity index (χ2v) is 5.37. The van der Waals surface area contributed by atoms with Gasteiger partial charge >= 0.3 is 51.4 Å². The van der Waals surface area contributed by atoms with Crippen molar-refractivity contribution in [3.63, 3.8) is 0 Å². The molecule has 0 saturated carbocycles. The van der Waals surface area contributed by atoms with Crippen LogP contribution in [0.5, 0.6) is 0 Å². The molecule has 0 aliphatic rings. The van der Waals surface area contributed by atoms with Gasteiger partial charge in [0.15, 0.2) is 0 Å². The summed E-state index contributed by atoms with van der Waals surface area (Å²) in [7, 11) is -2.40. The van der Waals surface area contributed by atoms with Gasteiger partial charge in [-0.25, -0.2) is 8.42 Å². The first-order chi connectivity index (χ1) is 6.37. The topological polar surface area (TPSA) is 60.4 Å². The van der Waals surface area contributed by atoms with Crippen molar-refractivity contribution in [3.8, 4) is 0 Å². The van der Waals surface area contributed by atoms with Crippen molar-refractivity contribution in [2.75, 3.05) is 19.3 Å². The molecule has 0 rings (SSSR count). The van der Waals surface area contributed by atoms with Gasteiger partial charge in [0.1, 0.15) is 14.4 Å². The molecule has 0 atom stereocenters. The van der Waals surface area contributed by atoms with Crippen molar-refractivity contribution >= 4 is 38.4 Å². The first-order valence-corrected chi connectivity index (χ1v) is 6.73. The molecule has 82 valence electrons. The molecule has 0 saturated heterocycles. The Kier molecular flexibility index (Phi) is 12.0. The number of thioether (sulfide) groups is 1. The molecule has 0 bridgehead atoms. The summed E-state index contributed by atoms with van der Waals surface area (Å²) >= 11 is 6.33. The van der Waals surface area contributed by atoms with E-state index in [9.17, 15) is 13.0 Å². The maximum absolute atomic E-state index is 10.2. The van der Waals surface area contributed by atoms with E-state index in [1.54, 1.807) is 0 Å². The average molecular weight is 293 g/mol. The minimum atomic E-state index is -4.25. The summed E-state index contributed by atoms with van der Waals surface area (Å²) in [6.07, 6.45) is 1.29. The molecular formula is C7H12KNO3S3. The van der Waals surface area contributed by atoms with Crippen LogP contribution in [0.2, 0.25) is 0 Å². The Balaban J connectivity index is 0. The molecule has 0 amide bonds. The molecule has 0 fully saturated rings. The van der Waals surface area contributed by atoms with Gasteiger partial charge in [-0.3, -0.25) is 0 Å². The van der Waals surface area contributed by atoms with E-state index < -0.39 is 10.1 Å². The Morgan fingerprint density at radius 2 is 2.13 bits per heavy atom. The second-order valence-electron chi connectivity index (χ2n) is 2.46. The number of nitrogens with zero attached hydrogens (tertiary/aromatic N) is 1. The SMILES string of the molecule is CCN(C)C(=S)SC/C=C\S(=O)(=O)[O-].[K+]. The van der Waals surface area contributed by atoms with Gasteiger partial charge in [-0.1, -0.05) is 30.1 Å². The van der Waals surface area contributed by atoms with Crippen LogP contribution in [-0.2, 0) is 10.1 Å². The molecule has 0 unspecified atom stereocenters. The zero-order chi connectivity index (χ0) is 11.2. The summed E-state index contributed by atoms with van der Waals surface area (Å²) in [5.41, 5.74) is 0. The van der Waals surface area contributed by atoms with E-state index in [-0.39, 0.29) is 51.4 Å². The van der Waals surface area contributed by atoms with Crippen LogP contribution in [0.1, 0.15) is 6.92 Å². The fraction of sp³-hybridized carbons (Fsp3) is 0.571. The van der Waals surface area contributed by atoms with E-state index >= 15 is 0 Å². The fourth-order valence-electron chi connectivity index (χ4n) is 0.516. The van der Waals surface area contributed by atoms with Crippen molar-refractivity contribution in [1.82, 2.24) is 4.90 Å². The molecule has 8 heteroatoms. The zero-order valence-electron chi connectivity index (χ0n) is 8.97. The number of hydrogen-bond donors (Lipinski definition) is 0. The van der Waals surface area contributed by atoms with E-state index in [0.29, 0.717) is 15.5 Å². The standard InChI is InChI=1S/C7H13NO3S3.K/c1-3-8(2)7(12)13-5-4-6-14(9,10)11;/h4,6H,3,5H2,1-2H3,(H,9,10,11);/q;+1/p-1/b6-4-;. The molecule has 0 spiro atoms. The molecular weight excluding hydrogens is 281 g/mol. The predicted octanol–water partition coefficient (Wildman–Crippen LogP) is -1.98. The van der Waals surface area contributed by atoms with E-state index in [0.717, 1.165) is 6.54 Å². The van der Waals surface area contributed by atoms with Crippen molar-refractivity contribution in [2.24, 2.45) is 0 Å². The van der Waals surface area contributed by atoms with Crippen molar-refractivity contribution in [2.45, 2.75) is 6.92 Å². The first-order valence-electron chi connectivity index (χ1n) is 3.87. The zero-order valence-corrected chi connectivity index (χ0v) is 14.5. The van der Waals surface area contributed by atoms with Crippen LogP contribution in [0, 0.1) is 0 Å². The predicted molar refractivity (Wildman–Crippen MR) is 62.2 cm³/mol. The molecule has 0 heterocycles. The van der Waals surface area contributed by atoms with E-state index in [2.05, 4.69) is 0 Å². The molecule has 0 aliphatic heterocycles. The summed E-state index contributed by atoms with van der Waals surface area (Å²) in [4.78, 5) is 1.86. The first kappa shape index (κ1) is 18.9. The third-order valence-electron chi connectivity index (χ3n) is 1.35. The summed E-state index contributed by atoms with van der Waals surface area (Å²) in [6, 6.07) is 0. The van der Waals surface area contributed by atoms with Crippen LogP contribution in [0.25, 0.3) is 0 Å². The summed E-state index contributed by atoms with van der Waals surface area (Å²) in [5.74, 6) is 0.393. The molecule has 0 aliphatic carbocycles. The third-order valence-corrected chi connectivity index (χ3v) is 3.46. The normalized spacial score (nSPS) is 11.1. The smallest absolute Gasteiger partial charge is 0.744 e. The Labute approximate surface area is 143 Å².